The summed E-state index contributed by atoms with van der Waals surface area (Å²) in [6.07, 6.45) is 3.03. The monoisotopic (exact) mass is 417 g/mol. The van der Waals surface area contributed by atoms with Crippen molar-refractivity contribution in [1.82, 2.24) is 20.2 Å². The summed E-state index contributed by atoms with van der Waals surface area (Å²) in [5.41, 5.74) is 1.90. The highest BCUT2D eigenvalue weighted by Crippen LogP contribution is 2.20. The number of thioether (sulfide) groups is 1. The van der Waals surface area contributed by atoms with Crippen LogP contribution in [0.5, 0.6) is 0 Å². The van der Waals surface area contributed by atoms with Gasteiger partial charge in [-0.2, -0.15) is 4.68 Å². The number of rotatable bonds is 7. The van der Waals surface area contributed by atoms with Gasteiger partial charge in [0.1, 0.15) is 5.25 Å². The van der Waals surface area contributed by atoms with Crippen LogP contribution in [0.4, 0.5) is 5.69 Å². The molecule has 0 fully saturated rings. The molecule has 0 aliphatic rings. The van der Waals surface area contributed by atoms with Gasteiger partial charge in [-0.3, -0.25) is 4.79 Å². The van der Waals surface area contributed by atoms with E-state index in [1.165, 1.54) is 11.8 Å². The Hall–Kier alpha value is -2.72. The van der Waals surface area contributed by atoms with Crippen LogP contribution in [0.1, 0.15) is 5.56 Å². The van der Waals surface area contributed by atoms with Crippen LogP contribution < -0.4 is 5.32 Å². The van der Waals surface area contributed by atoms with Gasteiger partial charge in [0.15, 0.2) is 9.84 Å². The maximum absolute atomic E-state index is 12.7. The van der Waals surface area contributed by atoms with Crippen molar-refractivity contribution >= 4 is 33.2 Å². The predicted molar refractivity (Wildman–Crippen MR) is 108 cm³/mol. The van der Waals surface area contributed by atoms with Gasteiger partial charge in [-0.25, -0.2) is 8.42 Å². The number of tetrazole rings is 1. The van der Waals surface area contributed by atoms with Crippen LogP contribution in [-0.2, 0) is 21.1 Å². The molecule has 1 amide bonds. The summed E-state index contributed by atoms with van der Waals surface area (Å²) in [7, 11) is -3.60. The van der Waals surface area contributed by atoms with Crippen LogP contribution >= 0.6 is 11.8 Å². The largest absolute Gasteiger partial charge is 0.325 e. The standard InChI is InChI=1S/C18H19N5O3S2/c1-27-18-20-21-22-23(18)15-10-6-9-14(12-15)19-17(24)16(28(2,25)26)11-13-7-4-3-5-8-13/h3-10,12,16H,11H2,1-2H3,(H,19,24)/t16-/m1/s1. The van der Waals surface area contributed by atoms with Crippen LogP contribution in [0, 0.1) is 0 Å². The van der Waals surface area contributed by atoms with Crippen molar-refractivity contribution < 1.29 is 13.2 Å². The maximum Gasteiger partial charge on any atom is 0.243 e. The van der Waals surface area contributed by atoms with Gasteiger partial charge in [-0.15, -0.1) is 5.10 Å². The van der Waals surface area contributed by atoms with E-state index in [-0.39, 0.29) is 6.42 Å². The lowest BCUT2D eigenvalue weighted by Crippen LogP contribution is -2.36. The van der Waals surface area contributed by atoms with E-state index in [4.69, 9.17) is 0 Å². The Bertz CT molecular complexity index is 1070. The zero-order valence-corrected chi connectivity index (χ0v) is 16.9. The van der Waals surface area contributed by atoms with Crippen LogP contribution in [0.3, 0.4) is 0 Å². The van der Waals surface area contributed by atoms with Crippen LogP contribution in [0.25, 0.3) is 5.69 Å². The van der Waals surface area contributed by atoms with Gasteiger partial charge in [0.25, 0.3) is 0 Å². The second-order valence-corrected chi connectivity index (χ2v) is 9.13. The van der Waals surface area contributed by atoms with E-state index < -0.39 is 21.0 Å². The van der Waals surface area contributed by atoms with Gasteiger partial charge in [0.05, 0.1) is 5.69 Å². The molecule has 8 nitrogen and oxygen atoms in total. The summed E-state index contributed by atoms with van der Waals surface area (Å²) in [5.74, 6) is -0.578. The first-order valence-corrected chi connectivity index (χ1v) is 11.5. The number of hydrogen-bond donors (Lipinski definition) is 1. The zero-order valence-electron chi connectivity index (χ0n) is 15.3. The molecule has 0 bridgehead atoms. The average molecular weight is 418 g/mol. The average Bonchev–Trinajstić information content (AvgIpc) is 3.15. The summed E-state index contributed by atoms with van der Waals surface area (Å²) in [4.78, 5) is 12.7. The summed E-state index contributed by atoms with van der Waals surface area (Å²) in [5, 5.41) is 13.6. The molecule has 0 saturated heterocycles. The van der Waals surface area contributed by atoms with E-state index in [2.05, 4.69) is 20.8 Å². The smallest absolute Gasteiger partial charge is 0.243 e. The Morgan fingerprint density at radius 1 is 1.18 bits per heavy atom. The lowest BCUT2D eigenvalue weighted by atomic mass is 10.1. The fraction of sp³-hybridized carbons (Fsp3) is 0.222. The fourth-order valence-corrected chi connectivity index (χ4v) is 4.05. The van der Waals surface area contributed by atoms with Gasteiger partial charge in [0.2, 0.25) is 11.1 Å². The van der Waals surface area contributed by atoms with Gasteiger partial charge in [0, 0.05) is 11.9 Å². The number of aromatic nitrogens is 4. The van der Waals surface area contributed by atoms with Crippen molar-refractivity contribution in [2.45, 2.75) is 16.8 Å². The van der Waals surface area contributed by atoms with E-state index in [1.54, 1.807) is 41.1 Å². The molecule has 0 aliphatic heterocycles. The van der Waals surface area contributed by atoms with Crippen LogP contribution in [0.15, 0.2) is 59.8 Å². The first-order valence-electron chi connectivity index (χ1n) is 8.35. The second kappa shape index (κ2) is 8.53. The molecule has 0 spiro atoms. The first kappa shape index (κ1) is 20.0. The van der Waals surface area contributed by atoms with Crippen molar-refractivity contribution in [2.24, 2.45) is 0 Å². The second-order valence-electron chi connectivity index (χ2n) is 6.12. The number of benzene rings is 2. The molecular formula is C18H19N5O3S2. The molecule has 3 aromatic rings. The SMILES string of the molecule is CSc1nnnn1-c1cccc(NC(=O)[C@@H](Cc2ccccc2)S(C)(=O)=O)c1. The van der Waals surface area contributed by atoms with E-state index in [0.717, 1.165) is 11.8 Å². The summed E-state index contributed by atoms with van der Waals surface area (Å²) < 4.78 is 26.0. The first-order chi connectivity index (χ1) is 13.4. The highest BCUT2D eigenvalue weighted by molar-refractivity contribution is 7.98. The molecule has 1 heterocycles. The number of amides is 1. The molecule has 1 N–H and O–H groups in total. The van der Waals surface area contributed by atoms with Gasteiger partial charge >= 0.3 is 0 Å². The molecule has 2 aromatic carbocycles. The number of carbonyl (C=O) groups excluding carboxylic acids is 1. The Kier molecular flexibility index (Phi) is 6.10. The van der Waals surface area contributed by atoms with E-state index >= 15 is 0 Å². The third kappa shape index (κ3) is 4.76. The van der Waals surface area contributed by atoms with Crippen molar-refractivity contribution in [3.63, 3.8) is 0 Å². The third-order valence-corrected chi connectivity index (χ3v) is 6.09. The Morgan fingerprint density at radius 3 is 2.61 bits per heavy atom. The van der Waals surface area contributed by atoms with Crippen LogP contribution in [-0.4, -0.2) is 52.3 Å². The number of carbonyl (C=O) groups is 1. The van der Waals surface area contributed by atoms with Crippen molar-refractivity contribution in [3.05, 3.63) is 60.2 Å². The summed E-state index contributed by atoms with van der Waals surface area (Å²) in [6.45, 7) is 0. The molecule has 1 atom stereocenters. The Balaban J connectivity index is 1.83. The fourth-order valence-electron chi connectivity index (χ4n) is 2.67. The molecule has 3 rings (SSSR count). The Morgan fingerprint density at radius 2 is 1.93 bits per heavy atom. The molecule has 0 unspecified atom stereocenters. The van der Waals surface area contributed by atoms with Crippen LogP contribution in [0.2, 0.25) is 0 Å². The van der Waals surface area contributed by atoms with E-state index in [0.29, 0.717) is 16.5 Å². The molecule has 0 aliphatic carbocycles. The van der Waals surface area contributed by atoms with E-state index in [1.807, 2.05) is 24.5 Å². The number of hydrogen-bond acceptors (Lipinski definition) is 7. The molecule has 0 radical (unpaired) electrons. The zero-order chi connectivity index (χ0) is 20.1. The summed E-state index contributed by atoms with van der Waals surface area (Å²) >= 11 is 1.39. The predicted octanol–water partition coefficient (Wildman–Crippen LogP) is 1.98. The molecule has 10 heteroatoms. The molecule has 1 aromatic heterocycles. The van der Waals surface area contributed by atoms with E-state index in [9.17, 15) is 13.2 Å². The molecule has 146 valence electrons. The van der Waals surface area contributed by atoms with Crippen molar-refractivity contribution in [3.8, 4) is 5.69 Å². The number of nitrogens with one attached hydrogen (secondary N) is 1. The minimum Gasteiger partial charge on any atom is -0.325 e. The number of sulfone groups is 1. The van der Waals surface area contributed by atoms with Gasteiger partial charge in [-0.1, -0.05) is 48.2 Å². The highest BCUT2D eigenvalue weighted by atomic mass is 32.2. The molecule has 0 saturated carbocycles. The third-order valence-electron chi connectivity index (χ3n) is 4.05. The Labute approximate surface area is 167 Å². The normalized spacial score (nSPS) is 12.5. The van der Waals surface area contributed by atoms with Gasteiger partial charge in [-0.05, 0) is 46.9 Å². The minimum absolute atomic E-state index is 0.106. The van der Waals surface area contributed by atoms with Gasteiger partial charge < -0.3 is 5.32 Å². The minimum atomic E-state index is -3.60. The number of anilines is 1. The highest BCUT2D eigenvalue weighted by Gasteiger charge is 2.29. The maximum atomic E-state index is 12.7. The molecular weight excluding hydrogens is 398 g/mol. The lowest BCUT2D eigenvalue weighted by molar-refractivity contribution is -0.115. The quantitative estimate of drug-likeness (QED) is 0.586. The van der Waals surface area contributed by atoms with Crippen molar-refractivity contribution in [2.75, 3.05) is 17.8 Å². The number of nitrogens with zero attached hydrogens (tertiary/aromatic N) is 4. The summed E-state index contributed by atoms with van der Waals surface area (Å²) in [6, 6.07) is 16.0. The van der Waals surface area contributed by atoms with Crippen molar-refractivity contribution in [1.29, 1.82) is 0 Å². The lowest BCUT2D eigenvalue weighted by Gasteiger charge is -2.16. The topological polar surface area (TPSA) is 107 Å². The molecule has 28 heavy (non-hydrogen) atoms.